The summed E-state index contributed by atoms with van der Waals surface area (Å²) in [7, 11) is 1.58. The normalized spacial score (nSPS) is 11.5. The Morgan fingerprint density at radius 2 is 1.82 bits per heavy atom. The Bertz CT molecular complexity index is 401. The van der Waals surface area contributed by atoms with Crippen LogP contribution in [0.1, 0.15) is 13.8 Å². The van der Waals surface area contributed by atoms with Gasteiger partial charge in [-0.3, -0.25) is 9.59 Å². The number of carbonyl (C=O) groups excluding carboxylic acids is 2. The zero-order valence-corrected chi connectivity index (χ0v) is 10.1. The summed E-state index contributed by atoms with van der Waals surface area (Å²) in [5.74, 6) is 0.227. The van der Waals surface area contributed by atoms with Crippen LogP contribution in [0.4, 0.5) is 5.69 Å². The number of benzene rings is 1. The second-order valence-corrected chi connectivity index (χ2v) is 3.64. The molecule has 0 aliphatic carbocycles. The predicted octanol–water partition coefficient (Wildman–Crippen LogP) is 1.16. The molecule has 2 N–H and O–H groups in total. The smallest absolute Gasteiger partial charge is 0.246 e. The van der Waals surface area contributed by atoms with Crippen LogP contribution in [0, 0.1) is 0 Å². The van der Waals surface area contributed by atoms with E-state index in [1.807, 2.05) is 0 Å². The van der Waals surface area contributed by atoms with Crippen molar-refractivity contribution >= 4 is 17.5 Å². The van der Waals surface area contributed by atoms with E-state index in [2.05, 4.69) is 10.6 Å². The van der Waals surface area contributed by atoms with Crippen LogP contribution in [-0.4, -0.2) is 25.0 Å². The fraction of sp³-hybridized carbons (Fsp3) is 0.333. The van der Waals surface area contributed by atoms with Crippen LogP contribution in [0.15, 0.2) is 24.3 Å². The van der Waals surface area contributed by atoms with Crippen molar-refractivity contribution in [1.29, 1.82) is 0 Å². The molecule has 1 atom stereocenters. The molecule has 0 fully saturated rings. The van der Waals surface area contributed by atoms with E-state index in [1.165, 1.54) is 6.92 Å². The third kappa shape index (κ3) is 4.14. The molecule has 0 spiro atoms. The summed E-state index contributed by atoms with van der Waals surface area (Å²) in [4.78, 5) is 22.4. The van der Waals surface area contributed by atoms with Crippen molar-refractivity contribution in [3.8, 4) is 5.75 Å². The maximum Gasteiger partial charge on any atom is 0.246 e. The molecule has 5 nitrogen and oxygen atoms in total. The lowest BCUT2D eigenvalue weighted by Gasteiger charge is -2.12. The van der Waals surface area contributed by atoms with Gasteiger partial charge in [-0.1, -0.05) is 0 Å². The van der Waals surface area contributed by atoms with E-state index in [0.29, 0.717) is 5.69 Å². The van der Waals surface area contributed by atoms with E-state index in [1.54, 1.807) is 38.3 Å². The van der Waals surface area contributed by atoms with Crippen molar-refractivity contribution in [3.63, 3.8) is 0 Å². The van der Waals surface area contributed by atoms with Crippen molar-refractivity contribution < 1.29 is 14.3 Å². The van der Waals surface area contributed by atoms with E-state index >= 15 is 0 Å². The van der Waals surface area contributed by atoms with Gasteiger partial charge in [0.1, 0.15) is 11.8 Å². The highest BCUT2D eigenvalue weighted by Gasteiger charge is 2.13. The molecule has 0 saturated carbocycles. The van der Waals surface area contributed by atoms with Gasteiger partial charge in [0.2, 0.25) is 11.8 Å². The summed E-state index contributed by atoms with van der Waals surface area (Å²) >= 11 is 0. The number of methoxy groups -OCH3 is 1. The van der Waals surface area contributed by atoms with E-state index < -0.39 is 6.04 Å². The number of amides is 2. The minimum absolute atomic E-state index is 0.234. The van der Waals surface area contributed by atoms with E-state index in [-0.39, 0.29) is 11.8 Å². The number of hydrogen-bond donors (Lipinski definition) is 2. The molecule has 0 aliphatic heterocycles. The first-order valence-corrected chi connectivity index (χ1v) is 5.25. The van der Waals surface area contributed by atoms with Crippen LogP contribution in [-0.2, 0) is 9.59 Å². The van der Waals surface area contributed by atoms with Crippen molar-refractivity contribution in [2.24, 2.45) is 0 Å². The van der Waals surface area contributed by atoms with Crippen LogP contribution < -0.4 is 15.4 Å². The van der Waals surface area contributed by atoms with Gasteiger partial charge in [0.25, 0.3) is 0 Å². The van der Waals surface area contributed by atoms with Gasteiger partial charge in [0.05, 0.1) is 7.11 Å². The average molecular weight is 236 g/mol. The number of anilines is 1. The lowest BCUT2D eigenvalue weighted by Crippen LogP contribution is -2.40. The van der Waals surface area contributed by atoms with Crippen LogP contribution in [0.3, 0.4) is 0 Å². The number of ether oxygens (including phenoxy) is 1. The van der Waals surface area contributed by atoms with Gasteiger partial charge in [-0.25, -0.2) is 0 Å². The van der Waals surface area contributed by atoms with E-state index in [0.717, 1.165) is 5.75 Å². The second kappa shape index (κ2) is 5.89. The molecule has 1 aromatic rings. The maximum atomic E-state index is 11.6. The SMILES string of the molecule is COc1ccc(NC(=O)[C@H](C)NC(C)=O)cc1. The van der Waals surface area contributed by atoms with Gasteiger partial charge in [0.15, 0.2) is 0 Å². The number of nitrogens with one attached hydrogen (secondary N) is 2. The first kappa shape index (κ1) is 13.0. The summed E-state index contributed by atoms with van der Waals surface area (Å²) in [5, 5.41) is 5.20. The molecule has 5 heteroatoms. The molecule has 1 aromatic carbocycles. The third-order valence-electron chi connectivity index (χ3n) is 2.17. The van der Waals surface area contributed by atoms with Gasteiger partial charge in [-0.15, -0.1) is 0 Å². The minimum Gasteiger partial charge on any atom is -0.497 e. The number of hydrogen-bond acceptors (Lipinski definition) is 3. The first-order chi connectivity index (χ1) is 8.02. The van der Waals surface area contributed by atoms with E-state index in [9.17, 15) is 9.59 Å². The molecule has 0 aliphatic rings. The largest absolute Gasteiger partial charge is 0.497 e. The average Bonchev–Trinajstić information content (AvgIpc) is 2.29. The highest BCUT2D eigenvalue weighted by molar-refractivity contribution is 5.96. The van der Waals surface area contributed by atoms with Crippen molar-refractivity contribution in [1.82, 2.24) is 5.32 Å². The zero-order chi connectivity index (χ0) is 12.8. The highest BCUT2D eigenvalue weighted by Crippen LogP contribution is 2.14. The molecular formula is C12H16N2O3. The van der Waals surface area contributed by atoms with Gasteiger partial charge < -0.3 is 15.4 Å². The molecule has 0 radical (unpaired) electrons. The molecule has 0 heterocycles. The fourth-order valence-electron chi connectivity index (χ4n) is 1.30. The summed E-state index contributed by atoms with van der Waals surface area (Å²) in [6.45, 7) is 3.00. The van der Waals surface area contributed by atoms with Crippen LogP contribution in [0.25, 0.3) is 0 Å². The molecule has 0 bridgehead atoms. The van der Waals surface area contributed by atoms with Crippen LogP contribution in [0.5, 0.6) is 5.75 Å². The molecule has 0 aromatic heterocycles. The summed E-state index contributed by atoms with van der Waals surface area (Å²) in [6.07, 6.45) is 0. The maximum absolute atomic E-state index is 11.6. The second-order valence-electron chi connectivity index (χ2n) is 3.64. The zero-order valence-electron chi connectivity index (χ0n) is 10.1. The monoisotopic (exact) mass is 236 g/mol. The molecule has 2 amide bonds. The lowest BCUT2D eigenvalue weighted by molar-refractivity contribution is -0.124. The van der Waals surface area contributed by atoms with Gasteiger partial charge in [-0.2, -0.15) is 0 Å². The third-order valence-corrected chi connectivity index (χ3v) is 2.17. The fourth-order valence-corrected chi connectivity index (χ4v) is 1.30. The van der Waals surface area contributed by atoms with Crippen molar-refractivity contribution in [3.05, 3.63) is 24.3 Å². The molecule has 17 heavy (non-hydrogen) atoms. The van der Waals surface area contributed by atoms with Crippen LogP contribution in [0.2, 0.25) is 0 Å². The van der Waals surface area contributed by atoms with Gasteiger partial charge in [0, 0.05) is 12.6 Å². The standard InChI is InChI=1S/C12H16N2O3/c1-8(13-9(2)15)12(16)14-10-4-6-11(17-3)7-5-10/h4-8H,1-3H3,(H,13,15)(H,14,16)/t8-/m0/s1. The van der Waals surface area contributed by atoms with Crippen LogP contribution >= 0.6 is 0 Å². The summed E-state index contributed by atoms with van der Waals surface area (Å²) in [6, 6.07) is 6.40. The predicted molar refractivity (Wildman–Crippen MR) is 64.9 cm³/mol. The van der Waals surface area contributed by atoms with Crippen molar-refractivity contribution in [2.45, 2.75) is 19.9 Å². The van der Waals surface area contributed by atoms with E-state index in [4.69, 9.17) is 4.74 Å². The lowest BCUT2D eigenvalue weighted by atomic mass is 10.2. The molecule has 92 valence electrons. The summed E-state index contributed by atoms with van der Waals surface area (Å²) < 4.78 is 5.00. The highest BCUT2D eigenvalue weighted by atomic mass is 16.5. The Hall–Kier alpha value is -2.04. The Labute approximate surface area is 100 Å². The quantitative estimate of drug-likeness (QED) is 0.824. The Morgan fingerprint density at radius 3 is 2.29 bits per heavy atom. The molecule has 1 rings (SSSR count). The molecule has 0 unspecified atom stereocenters. The van der Waals surface area contributed by atoms with Gasteiger partial charge in [-0.05, 0) is 31.2 Å². The number of carbonyl (C=O) groups is 2. The summed E-state index contributed by atoms with van der Waals surface area (Å²) in [5.41, 5.74) is 0.660. The Balaban J connectivity index is 2.58. The Morgan fingerprint density at radius 1 is 1.24 bits per heavy atom. The molecule has 0 saturated heterocycles. The first-order valence-electron chi connectivity index (χ1n) is 5.25. The Kier molecular flexibility index (Phi) is 4.51. The molecular weight excluding hydrogens is 220 g/mol. The van der Waals surface area contributed by atoms with Crippen molar-refractivity contribution in [2.75, 3.05) is 12.4 Å². The number of rotatable bonds is 4. The van der Waals surface area contributed by atoms with Gasteiger partial charge >= 0.3 is 0 Å². The topological polar surface area (TPSA) is 67.4 Å². The minimum atomic E-state index is -0.561.